The number of alkyl carbamates (subject to hydrolysis) is 1. The quantitative estimate of drug-likeness (QED) is 0.880. The summed E-state index contributed by atoms with van der Waals surface area (Å²) in [5, 5.41) is 13.4. The molecule has 0 atom stereocenters. The van der Waals surface area contributed by atoms with Crippen LogP contribution in [-0.2, 0) is 11.3 Å². The molecule has 1 aromatic heterocycles. The summed E-state index contributed by atoms with van der Waals surface area (Å²) in [6.45, 7) is 7.71. The Labute approximate surface area is 105 Å². The number of carbonyl (C=O) groups excluding carboxylic acids is 1. The Kier molecular flexibility index (Phi) is 4.13. The van der Waals surface area contributed by atoms with Gasteiger partial charge in [0.2, 0.25) is 0 Å². The Balaban J connectivity index is 2.54. The number of ether oxygens (including phenoxy) is 1. The van der Waals surface area contributed by atoms with Gasteiger partial charge in [-0.05, 0) is 44.2 Å². The van der Waals surface area contributed by atoms with E-state index in [0.29, 0.717) is 11.4 Å². The molecule has 5 heteroatoms. The van der Waals surface area contributed by atoms with Crippen LogP contribution in [0.25, 0.3) is 0 Å². The molecule has 0 bridgehead atoms. The first-order chi connectivity index (χ1) is 7.83. The van der Waals surface area contributed by atoms with E-state index in [4.69, 9.17) is 10.00 Å². The van der Waals surface area contributed by atoms with Gasteiger partial charge < -0.3 is 10.1 Å². The van der Waals surface area contributed by atoms with Gasteiger partial charge in [-0.15, -0.1) is 11.3 Å². The third-order valence-corrected chi connectivity index (χ3v) is 3.10. The van der Waals surface area contributed by atoms with Gasteiger partial charge in [-0.1, -0.05) is 0 Å². The van der Waals surface area contributed by atoms with Crippen LogP contribution in [0.1, 0.15) is 36.8 Å². The molecule has 1 amide bonds. The first kappa shape index (κ1) is 13.5. The Hall–Kier alpha value is -1.54. The molecule has 0 fully saturated rings. The molecule has 1 heterocycles. The molecule has 0 saturated heterocycles. The Morgan fingerprint density at radius 2 is 2.24 bits per heavy atom. The molecule has 0 unspecified atom stereocenters. The molecule has 1 N–H and O–H groups in total. The van der Waals surface area contributed by atoms with Crippen molar-refractivity contribution in [3.05, 3.63) is 21.4 Å². The molecule has 4 nitrogen and oxygen atoms in total. The second-order valence-corrected chi connectivity index (χ2v) is 5.56. The highest BCUT2D eigenvalue weighted by molar-refractivity contribution is 7.10. The molecule has 92 valence electrons. The number of nitrogens with zero attached hydrogens (tertiary/aromatic N) is 1. The van der Waals surface area contributed by atoms with Crippen LogP contribution in [0.3, 0.4) is 0 Å². The van der Waals surface area contributed by atoms with Crippen molar-refractivity contribution in [3.63, 3.8) is 0 Å². The molecule has 0 saturated carbocycles. The average molecular weight is 252 g/mol. The SMILES string of the molecule is Cc1c(CNC(=O)OC(C)(C)C)csc1C#N. The number of hydrogen-bond donors (Lipinski definition) is 1. The predicted octanol–water partition coefficient (Wildman–Crippen LogP) is 2.95. The molecule has 1 rings (SSSR count). The van der Waals surface area contributed by atoms with Crippen LogP contribution in [0.5, 0.6) is 0 Å². The van der Waals surface area contributed by atoms with Gasteiger partial charge in [0.15, 0.2) is 0 Å². The van der Waals surface area contributed by atoms with Crippen molar-refractivity contribution >= 4 is 17.4 Å². The standard InChI is InChI=1S/C12H16N2O2S/c1-8-9(7-17-10(8)5-13)6-14-11(15)16-12(2,3)4/h7H,6H2,1-4H3,(H,14,15). The molecule has 0 aliphatic heterocycles. The zero-order valence-corrected chi connectivity index (χ0v) is 11.3. The summed E-state index contributed by atoms with van der Waals surface area (Å²) in [6.07, 6.45) is -0.443. The van der Waals surface area contributed by atoms with Crippen LogP contribution in [-0.4, -0.2) is 11.7 Å². The van der Waals surface area contributed by atoms with Crippen LogP contribution in [0.15, 0.2) is 5.38 Å². The van der Waals surface area contributed by atoms with Gasteiger partial charge in [-0.3, -0.25) is 0 Å². The summed E-state index contributed by atoms with van der Waals surface area (Å²) in [6, 6.07) is 2.12. The second kappa shape index (κ2) is 5.19. The first-order valence-electron chi connectivity index (χ1n) is 5.27. The Morgan fingerprint density at radius 3 is 2.71 bits per heavy atom. The van der Waals surface area contributed by atoms with Crippen molar-refractivity contribution in [3.8, 4) is 6.07 Å². The summed E-state index contributed by atoms with van der Waals surface area (Å²) in [7, 11) is 0. The average Bonchev–Trinajstić information content (AvgIpc) is 2.54. The van der Waals surface area contributed by atoms with Gasteiger partial charge in [-0.25, -0.2) is 4.79 Å². The molecular formula is C12H16N2O2S. The maximum atomic E-state index is 11.4. The molecule has 0 aliphatic carbocycles. The number of hydrogen-bond acceptors (Lipinski definition) is 4. The third kappa shape index (κ3) is 4.08. The topological polar surface area (TPSA) is 62.1 Å². The van der Waals surface area contributed by atoms with E-state index in [-0.39, 0.29) is 0 Å². The van der Waals surface area contributed by atoms with Crippen LogP contribution < -0.4 is 5.32 Å². The van der Waals surface area contributed by atoms with Crippen LogP contribution in [0.2, 0.25) is 0 Å². The van der Waals surface area contributed by atoms with Gasteiger partial charge in [0.25, 0.3) is 0 Å². The molecule has 0 spiro atoms. The maximum absolute atomic E-state index is 11.4. The van der Waals surface area contributed by atoms with E-state index in [9.17, 15) is 4.79 Å². The van der Waals surface area contributed by atoms with E-state index in [0.717, 1.165) is 11.1 Å². The van der Waals surface area contributed by atoms with E-state index in [1.807, 2.05) is 33.1 Å². The number of rotatable bonds is 2. The van der Waals surface area contributed by atoms with Crippen LogP contribution in [0.4, 0.5) is 4.79 Å². The Morgan fingerprint density at radius 1 is 1.59 bits per heavy atom. The van der Waals surface area contributed by atoms with Gasteiger partial charge in [0, 0.05) is 6.54 Å². The van der Waals surface area contributed by atoms with Crippen molar-refractivity contribution in [1.82, 2.24) is 5.32 Å². The van der Waals surface area contributed by atoms with E-state index in [1.165, 1.54) is 11.3 Å². The number of carbonyl (C=O) groups is 1. The zero-order valence-electron chi connectivity index (χ0n) is 10.5. The fourth-order valence-electron chi connectivity index (χ4n) is 1.22. The Bertz CT molecular complexity index is 452. The zero-order chi connectivity index (χ0) is 13.1. The van der Waals surface area contributed by atoms with Crippen LogP contribution in [0, 0.1) is 18.3 Å². The number of nitrogens with one attached hydrogen (secondary N) is 1. The van der Waals surface area contributed by atoms with Crippen LogP contribution >= 0.6 is 11.3 Å². The monoisotopic (exact) mass is 252 g/mol. The smallest absolute Gasteiger partial charge is 0.407 e. The van der Waals surface area contributed by atoms with Crippen molar-refractivity contribution in [2.75, 3.05) is 0 Å². The summed E-state index contributed by atoms with van der Waals surface area (Å²) in [5.41, 5.74) is 1.39. The summed E-state index contributed by atoms with van der Waals surface area (Å²) in [4.78, 5) is 12.1. The maximum Gasteiger partial charge on any atom is 0.407 e. The third-order valence-electron chi connectivity index (χ3n) is 2.06. The molecule has 0 radical (unpaired) electrons. The van der Waals surface area contributed by atoms with E-state index >= 15 is 0 Å². The van der Waals surface area contributed by atoms with Crippen molar-refractivity contribution in [2.45, 2.75) is 39.8 Å². The highest BCUT2D eigenvalue weighted by Crippen LogP contribution is 2.20. The van der Waals surface area contributed by atoms with Crippen molar-refractivity contribution in [1.29, 1.82) is 5.26 Å². The minimum atomic E-state index is -0.494. The fraction of sp³-hybridized carbons (Fsp3) is 0.500. The van der Waals surface area contributed by atoms with Gasteiger partial charge >= 0.3 is 6.09 Å². The number of nitriles is 1. The van der Waals surface area contributed by atoms with E-state index in [1.54, 1.807) is 0 Å². The minimum absolute atomic E-state index is 0.388. The lowest BCUT2D eigenvalue weighted by atomic mass is 10.2. The molecule has 1 aromatic rings. The largest absolute Gasteiger partial charge is 0.444 e. The lowest BCUT2D eigenvalue weighted by molar-refractivity contribution is 0.0523. The second-order valence-electron chi connectivity index (χ2n) is 4.68. The molecule has 0 aliphatic rings. The molecule has 17 heavy (non-hydrogen) atoms. The number of amides is 1. The van der Waals surface area contributed by atoms with Gasteiger partial charge in [0.05, 0.1) is 0 Å². The fourth-order valence-corrected chi connectivity index (χ4v) is 2.10. The summed E-state index contributed by atoms with van der Waals surface area (Å²) in [5.74, 6) is 0. The molecule has 0 aromatic carbocycles. The lowest BCUT2D eigenvalue weighted by Gasteiger charge is -2.19. The molecular weight excluding hydrogens is 236 g/mol. The predicted molar refractivity (Wildman–Crippen MR) is 66.8 cm³/mol. The van der Waals surface area contributed by atoms with Gasteiger partial charge in [-0.2, -0.15) is 5.26 Å². The summed E-state index contributed by atoms with van der Waals surface area (Å²) >= 11 is 1.39. The van der Waals surface area contributed by atoms with Crippen molar-refractivity contribution in [2.24, 2.45) is 0 Å². The van der Waals surface area contributed by atoms with E-state index < -0.39 is 11.7 Å². The minimum Gasteiger partial charge on any atom is -0.444 e. The van der Waals surface area contributed by atoms with Gasteiger partial charge in [0.1, 0.15) is 16.5 Å². The van der Waals surface area contributed by atoms with Crippen molar-refractivity contribution < 1.29 is 9.53 Å². The number of thiophene rings is 1. The first-order valence-corrected chi connectivity index (χ1v) is 6.15. The highest BCUT2D eigenvalue weighted by Gasteiger charge is 2.16. The normalized spacial score (nSPS) is 10.8. The lowest BCUT2D eigenvalue weighted by Crippen LogP contribution is -2.32. The highest BCUT2D eigenvalue weighted by atomic mass is 32.1. The summed E-state index contributed by atoms with van der Waals surface area (Å²) < 4.78 is 5.12. The van der Waals surface area contributed by atoms with E-state index in [2.05, 4.69) is 11.4 Å².